The predicted octanol–water partition coefficient (Wildman–Crippen LogP) is 1.28. The third-order valence-corrected chi connectivity index (χ3v) is 6.57. The van der Waals surface area contributed by atoms with Gasteiger partial charge in [-0.3, -0.25) is 14.4 Å². The van der Waals surface area contributed by atoms with Gasteiger partial charge >= 0.3 is 0 Å². The Morgan fingerprint density at radius 2 is 1.91 bits per heavy atom. The second-order valence-corrected chi connectivity index (χ2v) is 8.96. The van der Waals surface area contributed by atoms with E-state index in [0.29, 0.717) is 38.0 Å². The number of aryl methyl sites for hydroxylation is 1. The third kappa shape index (κ3) is 5.18. The van der Waals surface area contributed by atoms with Crippen LogP contribution < -0.4 is 5.32 Å². The van der Waals surface area contributed by atoms with Crippen LogP contribution in [-0.2, 0) is 14.3 Å². The zero-order chi connectivity index (χ0) is 23.4. The summed E-state index contributed by atoms with van der Waals surface area (Å²) >= 11 is 0. The molecule has 4 rings (SSSR count). The van der Waals surface area contributed by atoms with Crippen molar-refractivity contribution in [1.29, 1.82) is 0 Å². The molecule has 1 aliphatic carbocycles. The fourth-order valence-corrected chi connectivity index (χ4v) is 4.73. The van der Waals surface area contributed by atoms with Crippen molar-refractivity contribution < 1.29 is 33.9 Å². The van der Waals surface area contributed by atoms with Crippen molar-refractivity contribution in [2.24, 2.45) is 5.92 Å². The van der Waals surface area contributed by atoms with Gasteiger partial charge in [0.05, 0.1) is 23.4 Å². The molecule has 1 aromatic rings. The number of likely N-dealkylation sites (tertiary alicyclic amines) is 1. The fourth-order valence-electron chi connectivity index (χ4n) is 4.73. The van der Waals surface area contributed by atoms with E-state index in [2.05, 4.69) is 22.6 Å². The molecule has 1 spiro atoms. The minimum Gasteiger partial charge on any atom is -0.483 e. The lowest BCUT2D eigenvalue weighted by atomic mass is 9.74. The smallest absolute Gasteiger partial charge is 0.290 e. The number of nitrogens with zero attached hydrogens (tertiary/aromatic N) is 2. The van der Waals surface area contributed by atoms with Gasteiger partial charge in [-0.25, -0.2) is 0 Å². The Hall–Kier alpha value is -2.72. The molecule has 0 radical (unpaired) electrons. The van der Waals surface area contributed by atoms with Gasteiger partial charge in [-0.1, -0.05) is 17.3 Å². The van der Waals surface area contributed by atoms with Gasteiger partial charge in [0.25, 0.3) is 12.4 Å². The van der Waals surface area contributed by atoms with Crippen LogP contribution in [0.1, 0.15) is 55.3 Å². The molecule has 3 heterocycles. The maximum Gasteiger partial charge on any atom is 0.290 e. The van der Waals surface area contributed by atoms with Gasteiger partial charge in [-0.05, 0) is 39.5 Å². The first-order valence-corrected chi connectivity index (χ1v) is 10.8. The second kappa shape index (κ2) is 9.83. The van der Waals surface area contributed by atoms with E-state index in [1.807, 2.05) is 11.8 Å². The number of piperidine rings is 1. The quantitative estimate of drug-likeness (QED) is 0.463. The van der Waals surface area contributed by atoms with E-state index in [1.54, 1.807) is 13.0 Å². The monoisotopic (exact) mass is 449 g/mol. The molecule has 3 aliphatic rings. The maximum absolute atomic E-state index is 12.7. The van der Waals surface area contributed by atoms with Crippen LogP contribution in [0.3, 0.4) is 0 Å². The largest absolute Gasteiger partial charge is 0.483 e. The molecule has 2 fully saturated rings. The van der Waals surface area contributed by atoms with Crippen LogP contribution in [-0.4, -0.2) is 75.5 Å². The number of aromatic nitrogens is 1. The molecule has 3 N–H and O–H groups in total. The number of carbonyl (C=O) groups is 3. The Bertz CT molecular complexity index is 851. The minimum atomic E-state index is -0.850. The Morgan fingerprint density at radius 3 is 2.47 bits per heavy atom. The molecule has 2 atom stereocenters. The molecule has 1 aromatic heterocycles. The molecule has 2 aliphatic heterocycles. The maximum atomic E-state index is 12.7. The number of aliphatic hydroxyl groups excluding tert-OH is 1. The Labute approximate surface area is 186 Å². The summed E-state index contributed by atoms with van der Waals surface area (Å²) in [4.78, 5) is 35.6. The minimum absolute atomic E-state index is 0.0769. The number of nitrogens with one attached hydrogen (secondary N) is 1. The lowest BCUT2D eigenvalue weighted by Crippen LogP contribution is -2.65. The van der Waals surface area contributed by atoms with Gasteiger partial charge < -0.3 is 29.7 Å². The van der Waals surface area contributed by atoms with Crippen molar-refractivity contribution >= 4 is 18.3 Å². The van der Waals surface area contributed by atoms with Gasteiger partial charge in [-0.2, -0.15) is 0 Å². The van der Waals surface area contributed by atoms with Crippen LogP contribution >= 0.6 is 0 Å². The number of carboxylic acid groups (broad SMARTS) is 1. The van der Waals surface area contributed by atoms with E-state index in [1.165, 1.54) is 0 Å². The number of aliphatic hydroxyl groups is 1. The molecule has 10 heteroatoms. The number of carbonyl (C=O) groups excluding carboxylic acids is 2. The first-order valence-electron chi connectivity index (χ1n) is 10.8. The van der Waals surface area contributed by atoms with Gasteiger partial charge in [0.15, 0.2) is 0 Å². The standard InChI is InChI=1S/C21H29N3O5.CH2O2/c1-14-11-16(29-23-14)18(26)22-20(2)13-21(28-12-17(20)25)7-9-24(10-8-21)19(27)15-5-3-4-6-15;2-1-3/h3-4,11,15,17,25H,5-10,12-13H2,1-2H3,(H,22,26);1H,(H,2,3)/t17-,20-;/m1./s1. The summed E-state index contributed by atoms with van der Waals surface area (Å²) in [6.45, 7) is 4.75. The van der Waals surface area contributed by atoms with E-state index in [0.717, 1.165) is 12.8 Å². The SMILES string of the molecule is Cc1cc(C(=O)N[C@]2(C)CC3(CCN(C(=O)C4CC=CC4)CC3)OC[C@H]2O)on1.O=CO. The third-order valence-electron chi connectivity index (χ3n) is 6.57. The summed E-state index contributed by atoms with van der Waals surface area (Å²) < 4.78 is 11.1. The molecule has 0 bridgehead atoms. The Morgan fingerprint density at radius 1 is 1.28 bits per heavy atom. The zero-order valence-electron chi connectivity index (χ0n) is 18.5. The number of hydrogen-bond donors (Lipinski definition) is 3. The Balaban J connectivity index is 0.000000913. The van der Waals surface area contributed by atoms with Crippen molar-refractivity contribution in [3.63, 3.8) is 0 Å². The van der Waals surface area contributed by atoms with E-state index >= 15 is 0 Å². The summed E-state index contributed by atoms with van der Waals surface area (Å²) in [5.41, 5.74) is -0.681. The number of rotatable bonds is 3. The molecule has 32 heavy (non-hydrogen) atoms. The molecule has 0 unspecified atom stereocenters. The van der Waals surface area contributed by atoms with Crippen molar-refractivity contribution in [2.45, 2.75) is 63.2 Å². The highest BCUT2D eigenvalue weighted by molar-refractivity contribution is 5.92. The molecule has 0 saturated carbocycles. The molecule has 0 aromatic carbocycles. The molecule has 2 saturated heterocycles. The highest BCUT2D eigenvalue weighted by atomic mass is 16.5. The van der Waals surface area contributed by atoms with Gasteiger partial charge in [-0.15, -0.1) is 0 Å². The lowest BCUT2D eigenvalue weighted by Gasteiger charge is -2.52. The van der Waals surface area contributed by atoms with E-state index in [4.69, 9.17) is 19.2 Å². The molecule has 10 nitrogen and oxygen atoms in total. The summed E-state index contributed by atoms with van der Waals surface area (Å²) in [6, 6.07) is 1.57. The Kier molecular flexibility index (Phi) is 7.35. The normalized spacial score (nSPS) is 27.0. The number of amides is 2. The zero-order valence-corrected chi connectivity index (χ0v) is 18.5. The average molecular weight is 450 g/mol. The van der Waals surface area contributed by atoms with Gasteiger partial charge in [0.2, 0.25) is 11.7 Å². The van der Waals surface area contributed by atoms with Crippen LogP contribution in [0, 0.1) is 12.8 Å². The fraction of sp³-hybridized carbons (Fsp3) is 0.636. The predicted molar refractivity (Wildman–Crippen MR) is 113 cm³/mol. The number of ether oxygens (including phenoxy) is 1. The number of hydrogen-bond acceptors (Lipinski definition) is 7. The number of allylic oxidation sites excluding steroid dienone is 2. The first kappa shape index (κ1) is 23.9. The van der Waals surface area contributed by atoms with Crippen LogP contribution in [0.15, 0.2) is 22.7 Å². The van der Waals surface area contributed by atoms with E-state index < -0.39 is 23.2 Å². The van der Waals surface area contributed by atoms with Gasteiger partial charge in [0.1, 0.15) is 6.10 Å². The topological polar surface area (TPSA) is 142 Å². The summed E-state index contributed by atoms with van der Waals surface area (Å²) in [5, 5.41) is 24.1. The van der Waals surface area contributed by atoms with Crippen LogP contribution in [0.4, 0.5) is 0 Å². The highest BCUT2D eigenvalue weighted by Crippen LogP contribution is 2.40. The molecular formula is C22H31N3O7. The lowest BCUT2D eigenvalue weighted by molar-refractivity contribution is -0.180. The first-order chi connectivity index (χ1) is 15.2. The average Bonchev–Trinajstić information content (AvgIpc) is 3.44. The molecule has 176 valence electrons. The van der Waals surface area contributed by atoms with Crippen LogP contribution in [0.2, 0.25) is 0 Å². The second-order valence-electron chi connectivity index (χ2n) is 8.96. The van der Waals surface area contributed by atoms with E-state index in [9.17, 15) is 14.7 Å². The van der Waals surface area contributed by atoms with Crippen molar-refractivity contribution in [3.8, 4) is 0 Å². The molecule has 2 amide bonds. The van der Waals surface area contributed by atoms with Crippen molar-refractivity contribution in [2.75, 3.05) is 19.7 Å². The van der Waals surface area contributed by atoms with E-state index in [-0.39, 0.29) is 30.7 Å². The van der Waals surface area contributed by atoms with Crippen molar-refractivity contribution in [1.82, 2.24) is 15.4 Å². The summed E-state index contributed by atoms with van der Waals surface area (Å²) in [7, 11) is 0. The van der Waals surface area contributed by atoms with Crippen molar-refractivity contribution in [3.05, 3.63) is 29.7 Å². The highest BCUT2D eigenvalue weighted by Gasteiger charge is 2.51. The van der Waals surface area contributed by atoms with Gasteiger partial charge in [0, 0.05) is 31.5 Å². The summed E-state index contributed by atoms with van der Waals surface area (Å²) in [5.74, 6) is 0.0260. The van der Waals surface area contributed by atoms with Crippen LogP contribution in [0.25, 0.3) is 0 Å². The molecular weight excluding hydrogens is 418 g/mol. The van der Waals surface area contributed by atoms with Crippen LogP contribution in [0.5, 0.6) is 0 Å². The summed E-state index contributed by atoms with van der Waals surface area (Å²) in [6.07, 6.45) is 6.84.